The van der Waals surface area contributed by atoms with Gasteiger partial charge in [0.1, 0.15) is 23.7 Å². The first-order chi connectivity index (χ1) is 18.7. The molecule has 9 heteroatoms. The minimum atomic E-state index is 0.472. The molecule has 0 unspecified atom stereocenters. The lowest BCUT2D eigenvalue weighted by Crippen LogP contribution is -1.96. The number of hydrogen-bond donors (Lipinski definition) is 2. The van der Waals surface area contributed by atoms with Crippen LogP contribution < -0.4 is 4.74 Å². The van der Waals surface area contributed by atoms with Gasteiger partial charge in [-0.05, 0) is 36.8 Å². The van der Waals surface area contributed by atoms with Gasteiger partial charge in [-0.2, -0.15) is 5.10 Å². The molecule has 0 aliphatic heterocycles. The van der Waals surface area contributed by atoms with E-state index in [1.165, 1.54) is 0 Å². The van der Waals surface area contributed by atoms with E-state index in [1.807, 2.05) is 72.5 Å². The van der Waals surface area contributed by atoms with Crippen LogP contribution >= 0.6 is 0 Å². The average Bonchev–Trinajstić information content (AvgIpc) is 3.70. The standard InChI is InChI=1S/C29H22N8O/c1-18-15-37(17-33-18)27-7-8-31-29-23(27)11-25(34-29)28-22-10-24(32-14-26(22)35-36-28)20-9-21(13-30-12-20)38-16-19-5-3-2-4-6-19/h2-15,17H,16H2,1H3,(H,31,34)(H,35,36). The van der Waals surface area contributed by atoms with Crippen molar-refractivity contribution in [3.63, 3.8) is 0 Å². The summed E-state index contributed by atoms with van der Waals surface area (Å²) in [6.07, 6.45) is 10.9. The van der Waals surface area contributed by atoms with Crippen molar-refractivity contribution in [3.8, 4) is 34.1 Å². The topological polar surface area (TPSA) is 110 Å². The van der Waals surface area contributed by atoms with Gasteiger partial charge in [-0.25, -0.2) is 9.97 Å². The Labute approximate surface area is 217 Å². The van der Waals surface area contributed by atoms with Crippen LogP contribution in [0, 0.1) is 6.92 Å². The van der Waals surface area contributed by atoms with Crippen molar-refractivity contribution in [2.75, 3.05) is 0 Å². The van der Waals surface area contributed by atoms with E-state index >= 15 is 0 Å². The van der Waals surface area contributed by atoms with Crippen LogP contribution in [0.25, 0.3) is 50.3 Å². The van der Waals surface area contributed by atoms with E-state index in [-0.39, 0.29) is 0 Å². The lowest BCUT2D eigenvalue weighted by atomic mass is 10.1. The van der Waals surface area contributed by atoms with Gasteiger partial charge in [-0.3, -0.25) is 15.1 Å². The Balaban J connectivity index is 1.24. The minimum absolute atomic E-state index is 0.472. The van der Waals surface area contributed by atoms with Crippen LogP contribution in [0.1, 0.15) is 11.3 Å². The van der Waals surface area contributed by atoms with Crippen molar-refractivity contribution in [1.29, 1.82) is 0 Å². The molecule has 0 amide bonds. The summed E-state index contributed by atoms with van der Waals surface area (Å²) in [5, 5.41) is 9.63. The largest absolute Gasteiger partial charge is 0.487 e. The van der Waals surface area contributed by atoms with Crippen molar-refractivity contribution in [3.05, 3.63) is 103 Å². The molecule has 0 radical (unpaired) electrons. The summed E-state index contributed by atoms with van der Waals surface area (Å²) < 4.78 is 7.98. The number of aromatic amines is 2. The number of nitrogens with one attached hydrogen (secondary N) is 2. The van der Waals surface area contributed by atoms with Gasteiger partial charge < -0.3 is 14.3 Å². The van der Waals surface area contributed by atoms with Gasteiger partial charge in [-0.1, -0.05) is 30.3 Å². The molecule has 0 aliphatic carbocycles. The summed E-state index contributed by atoms with van der Waals surface area (Å²) in [5.41, 5.74) is 7.96. The van der Waals surface area contributed by atoms with Crippen LogP contribution in [0.3, 0.4) is 0 Å². The highest BCUT2D eigenvalue weighted by Crippen LogP contribution is 2.32. The Hall–Kier alpha value is -5.31. The minimum Gasteiger partial charge on any atom is -0.487 e. The quantitative estimate of drug-likeness (QED) is 0.307. The predicted octanol–water partition coefficient (Wildman–Crippen LogP) is 5.64. The molecule has 0 atom stereocenters. The first-order valence-corrected chi connectivity index (χ1v) is 12.2. The number of fused-ring (bicyclic) bond motifs is 2. The lowest BCUT2D eigenvalue weighted by Gasteiger charge is -2.08. The Morgan fingerprint density at radius 3 is 2.71 bits per heavy atom. The third-order valence-corrected chi connectivity index (χ3v) is 6.46. The first-order valence-electron chi connectivity index (χ1n) is 12.2. The highest BCUT2D eigenvalue weighted by Gasteiger charge is 2.16. The van der Waals surface area contributed by atoms with Crippen molar-refractivity contribution in [1.82, 2.24) is 39.7 Å². The van der Waals surface area contributed by atoms with Crippen molar-refractivity contribution < 1.29 is 4.74 Å². The van der Waals surface area contributed by atoms with Crippen molar-refractivity contribution >= 4 is 21.9 Å². The molecule has 2 N–H and O–H groups in total. The Bertz CT molecular complexity index is 1900. The maximum Gasteiger partial charge on any atom is 0.139 e. The number of imidazole rings is 1. The van der Waals surface area contributed by atoms with Gasteiger partial charge >= 0.3 is 0 Å². The van der Waals surface area contributed by atoms with Crippen LogP contribution in [0.2, 0.25) is 0 Å². The molecule has 6 heterocycles. The fourth-order valence-corrected chi connectivity index (χ4v) is 4.58. The summed E-state index contributed by atoms with van der Waals surface area (Å²) in [6.45, 7) is 2.44. The number of benzene rings is 1. The van der Waals surface area contributed by atoms with E-state index < -0.39 is 0 Å². The van der Waals surface area contributed by atoms with Crippen LogP contribution in [-0.4, -0.2) is 39.7 Å². The van der Waals surface area contributed by atoms with Crippen molar-refractivity contribution in [2.45, 2.75) is 13.5 Å². The lowest BCUT2D eigenvalue weighted by molar-refractivity contribution is 0.305. The number of nitrogens with zero attached hydrogens (tertiary/aromatic N) is 6. The molecule has 1 aromatic carbocycles. The van der Waals surface area contributed by atoms with E-state index in [0.29, 0.717) is 12.4 Å². The molecule has 38 heavy (non-hydrogen) atoms. The number of aryl methyl sites for hydroxylation is 1. The molecule has 6 aromatic heterocycles. The molecule has 0 fully saturated rings. The second-order valence-corrected chi connectivity index (χ2v) is 9.07. The fourth-order valence-electron chi connectivity index (χ4n) is 4.58. The molecular weight excluding hydrogens is 476 g/mol. The average molecular weight is 499 g/mol. The van der Waals surface area contributed by atoms with E-state index in [4.69, 9.17) is 4.74 Å². The van der Waals surface area contributed by atoms with Crippen LogP contribution in [0.4, 0.5) is 0 Å². The molecule has 184 valence electrons. The molecule has 0 spiro atoms. The number of aromatic nitrogens is 8. The van der Waals surface area contributed by atoms with Gasteiger partial charge in [0, 0.05) is 34.9 Å². The third kappa shape index (κ3) is 3.96. The summed E-state index contributed by atoms with van der Waals surface area (Å²) >= 11 is 0. The van der Waals surface area contributed by atoms with Crippen LogP contribution in [0.15, 0.2) is 91.9 Å². The summed E-state index contributed by atoms with van der Waals surface area (Å²) in [7, 11) is 0. The highest BCUT2D eigenvalue weighted by molar-refractivity contribution is 5.97. The third-order valence-electron chi connectivity index (χ3n) is 6.46. The van der Waals surface area contributed by atoms with Gasteiger partial charge in [0.05, 0.1) is 47.0 Å². The Kier molecular flexibility index (Phi) is 5.18. The second-order valence-electron chi connectivity index (χ2n) is 9.07. The number of rotatable bonds is 6. The van der Waals surface area contributed by atoms with E-state index in [0.717, 1.165) is 61.5 Å². The van der Waals surface area contributed by atoms with E-state index in [1.54, 1.807) is 24.8 Å². The number of hydrogen-bond acceptors (Lipinski definition) is 6. The van der Waals surface area contributed by atoms with Gasteiger partial charge in [0.2, 0.25) is 0 Å². The zero-order chi connectivity index (χ0) is 25.5. The van der Waals surface area contributed by atoms with Gasteiger partial charge in [-0.15, -0.1) is 0 Å². The molecule has 9 nitrogen and oxygen atoms in total. The van der Waals surface area contributed by atoms with Crippen molar-refractivity contribution in [2.24, 2.45) is 0 Å². The SMILES string of the molecule is Cc1cn(-c2ccnc3[nH]c(-c4n[nH]c5cnc(-c6cncc(OCc7ccccc7)c6)cc45)cc23)cn1. The second kappa shape index (κ2) is 8.97. The molecule has 0 saturated heterocycles. The van der Waals surface area contributed by atoms with E-state index in [9.17, 15) is 0 Å². The zero-order valence-electron chi connectivity index (χ0n) is 20.5. The molecule has 7 rings (SSSR count). The number of pyridine rings is 3. The number of ether oxygens (including phenoxy) is 1. The van der Waals surface area contributed by atoms with Crippen LogP contribution in [0.5, 0.6) is 5.75 Å². The zero-order valence-corrected chi connectivity index (χ0v) is 20.5. The van der Waals surface area contributed by atoms with Gasteiger partial charge in [0.25, 0.3) is 0 Å². The molecule has 0 saturated carbocycles. The molecule has 7 aromatic rings. The smallest absolute Gasteiger partial charge is 0.139 e. The Morgan fingerprint density at radius 1 is 0.921 bits per heavy atom. The summed E-state index contributed by atoms with van der Waals surface area (Å²) in [4.78, 5) is 21.4. The molecular formula is C29H22N8O. The molecule has 0 bridgehead atoms. The maximum atomic E-state index is 5.98. The Morgan fingerprint density at radius 2 is 1.84 bits per heavy atom. The first kappa shape index (κ1) is 21.9. The highest BCUT2D eigenvalue weighted by atomic mass is 16.5. The normalized spacial score (nSPS) is 11.4. The monoisotopic (exact) mass is 498 g/mol. The maximum absolute atomic E-state index is 5.98. The number of H-pyrrole nitrogens is 2. The van der Waals surface area contributed by atoms with E-state index in [2.05, 4.69) is 41.2 Å². The molecule has 0 aliphatic rings. The fraction of sp³-hybridized carbons (Fsp3) is 0.0690. The summed E-state index contributed by atoms with van der Waals surface area (Å²) in [6, 6.07) is 18.1. The predicted molar refractivity (Wildman–Crippen MR) is 145 cm³/mol. The summed E-state index contributed by atoms with van der Waals surface area (Å²) in [5.74, 6) is 0.685. The van der Waals surface area contributed by atoms with Crippen LogP contribution in [-0.2, 0) is 6.61 Å². The van der Waals surface area contributed by atoms with Gasteiger partial charge in [0.15, 0.2) is 0 Å².